The van der Waals surface area contributed by atoms with Crippen LogP contribution >= 0.6 is 0 Å². The first-order valence-electron chi connectivity index (χ1n) is 8.89. The second-order valence-electron chi connectivity index (χ2n) is 6.37. The summed E-state index contributed by atoms with van der Waals surface area (Å²) in [6, 6.07) is 12.1. The zero-order valence-corrected chi connectivity index (χ0v) is 15.1. The van der Waals surface area contributed by atoms with Gasteiger partial charge in [0.2, 0.25) is 5.91 Å². The van der Waals surface area contributed by atoms with E-state index >= 15 is 0 Å². The summed E-state index contributed by atoms with van der Waals surface area (Å²) in [4.78, 5) is 11.9. The van der Waals surface area contributed by atoms with Crippen LogP contribution in [0.2, 0.25) is 0 Å². The molecular weight excluding hydrogens is 352 g/mol. The van der Waals surface area contributed by atoms with Crippen LogP contribution in [0, 0.1) is 0 Å². The van der Waals surface area contributed by atoms with Crippen molar-refractivity contribution in [3.63, 3.8) is 0 Å². The van der Waals surface area contributed by atoms with Crippen molar-refractivity contribution in [1.29, 1.82) is 0 Å². The van der Waals surface area contributed by atoms with Gasteiger partial charge < -0.3 is 21.5 Å². The molecule has 2 rings (SSSR count). The number of unbranched alkanes of at least 4 members (excludes halogenated alkanes) is 1. The molecule has 0 saturated heterocycles. The van der Waals surface area contributed by atoms with Crippen molar-refractivity contribution in [2.24, 2.45) is 0 Å². The van der Waals surface area contributed by atoms with Gasteiger partial charge in [-0.05, 0) is 55.2 Å². The lowest BCUT2D eigenvalue weighted by Gasteiger charge is -2.12. The highest BCUT2D eigenvalue weighted by Gasteiger charge is 2.08. The Bertz CT molecular complexity index is 739. The van der Waals surface area contributed by atoms with Crippen LogP contribution in [0.15, 0.2) is 42.5 Å². The number of hydrogen-bond donors (Lipinski definition) is 4. The molecule has 2 aromatic carbocycles. The predicted molar refractivity (Wildman–Crippen MR) is 104 cm³/mol. The van der Waals surface area contributed by atoms with E-state index < -0.39 is 12.8 Å². The zero-order valence-electron chi connectivity index (χ0n) is 15.1. The monoisotopic (exact) mass is 377 g/mol. The van der Waals surface area contributed by atoms with Gasteiger partial charge in [-0.25, -0.2) is 8.78 Å². The third-order valence-corrected chi connectivity index (χ3v) is 4.10. The number of nitrogen functional groups attached to an aromatic ring is 1. The molecule has 0 fully saturated rings. The van der Waals surface area contributed by atoms with Crippen molar-refractivity contribution in [3.05, 3.63) is 48.0 Å². The number of nitrogens with one attached hydrogen (secondary N) is 2. The van der Waals surface area contributed by atoms with Crippen LogP contribution in [-0.4, -0.2) is 23.9 Å². The number of rotatable bonds is 10. The van der Waals surface area contributed by atoms with Gasteiger partial charge in [0.05, 0.1) is 11.4 Å². The molecule has 146 valence electrons. The van der Waals surface area contributed by atoms with Gasteiger partial charge in [-0.3, -0.25) is 4.79 Å². The second-order valence-corrected chi connectivity index (χ2v) is 6.37. The molecule has 0 aromatic heterocycles. The summed E-state index contributed by atoms with van der Waals surface area (Å²) in [7, 11) is 0. The topological polar surface area (TPSA) is 87.4 Å². The Morgan fingerprint density at radius 3 is 2.56 bits per heavy atom. The Morgan fingerprint density at radius 1 is 1.15 bits per heavy atom. The van der Waals surface area contributed by atoms with E-state index in [1.807, 2.05) is 12.1 Å². The molecular formula is C20H25F2N3O2. The van der Waals surface area contributed by atoms with E-state index in [9.17, 15) is 18.7 Å². The minimum atomic E-state index is -1.44. The zero-order chi connectivity index (χ0) is 19.6. The average Bonchev–Trinajstić information content (AvgIpc) is 2.66. The molecule has 0 bridgehead atoms. The summed E-state index contributed by atoms with van der Waals surface area (Å²) in [5, 5.41) is 15.2. The van der Waals surface area contributed by atoms with Crippen molar-refractivity contribution in [3.8, 4) is 5.75 Å². The van der Waals surface area contributed by atoms with Crippen LogP contribution in [0.1, 0.15) is 31.2 Å². The number of carbonyl (C=O) groups is 1. The van der Waals surface area contributed by atoms with E-state index in [1.54, 1.807) is 30.3 Å². The number of nitrogens with two attached hydrogens (primary N) is 1. The van der Waals surface area contributed by atoms with E-state index in [4.69, 9.17) is 5.73 Å². The smallest absolute Gasteiger partial charge is 0.224 e. The first kappa shape index (κ1) is 20.5. The number of aromatic hydroxyl groups is 1. The number of phenols is 1. The third kappa shape index (κ3) is 7.13. The van der Waals surface area contributed by atoms with Gasteiger partial charge in [0.15, 0.2) is 0 Å². The van der Waals surface area contributed by atoms with Crippen LogP contribution in [-0.2, 0) is 11.3 Å². The Morgan fingerprint density at radius 2 is 1.89 bits per heavy atom. The van der Waals surface area contributed by atoms with Gasteiger partial charge in [0.25, 0.3) is 0 Å². The number of amides is 1. The lowest BCUT2D eigenvalue weighted by Crippen LogP contribution is -2.13. The number of carbonyl (C=O) groups excluding carboxylic acids is 1. The van der Waals surface area contributed by atoms with Crippen LogP contribution in [0.4, 0.5) is 25.8 Å². The SMILES string of the molecule is Nc1cc(NCc2ccc(O)cc2)ccc1NC(=O)CCCC[C@H](F)CF. The number of phenolic OH excluding ortho intramolecular Hbond substituents is 1. The van der Waals surface area contributed by atoms with Gasteiger partial charge in [-0.2, -0.15) is 0 Å². The average molecular weight is 377 g/mol. The molecule has 27 heavy (non-hydrogen) atoms. The molecule has 7 heteroatoms. The summed E-state index contributed by atoms with van der Waals surface area (Å²) in [5.41, 5.74) is 8.75. The van der Waals surface area contributed by atoms with Gasteiger partial charge in [-0.15, -0.1) is 0 Å². The summed E-state index contributed by atoms with van der Waals surface area (Å²) >= 11 is 0. The number of halogens is 2. The molecule has 0 radical (unpaired) electrons. The molecule has 0 aliphatic heterocycles. The third-order valence-electron chi connectivity index (χ3n) is 4.10. The maximum absolute atomic E-state index is 12.8. The van der Waals surface area contributed by atoms with Crippen molar-refractivity contribution >= 4 is 23.0 Å². The van der Waals surface area contributed by atoms with Crippen LogP contribution < -0.4 is 16.4 Å². The normalized spacial score (nSPS) is 11.8. The van der Waals surface area contributed by atoms with Gasteiger partial charge in [0, 0.05) is 18.7 Å². The van der Waals surface area contributed by atoms with Gasteiger partial charge in [-0.1, -0.05) is 12.1 Å². The van der Waals surface area contributed by atoms with Crippen LogP contribution in [0.3, 0.4) is 0 Å². The van der Waals surface area contributed by atoms with E-state index in [1.165, 1.54) is 0 Å². The van der Waals surface area contributed by atoms with E-state index in [2.05, 4.69) is 10.6 Å². The molecule has 0 heterocycles. The highest BCUT2D eigenvalue weighted by Crippen LogP contribution is 2.24. The summed E-state index contributed by atoms with van der Waals surface area (Å²) in [6.45, 7) is -0.407. The number of benzene rings is 2. The first-order chi connectivity index (χ1) is 13.0. The summed E-state index contributed by atoms with van der Waals surface area (Å²) in [6.07, 6.45) is -0.107. The fourth-order valence-corrected chi connectivity index (χ4v) is 2.55. The molecule has 0 aliphatic carbocycles. The van der Waals surface area contributed by atoms with Crippen molar-refractivity contribution < 1.29 is 18.7 Å². The fraction of sp³-hybridized carbons (Fsp3) is 0.350. The van der Waals surface area contributed by atoms with Crippen molar-refractivity contribution in [1.82, 2.24) is 0 Å². The first-order valence-corrected chi connectivity index (χ1v) is 8.89. The minimum Gasteiger partial charge on any atom is -0.508 e. The molecule has 1 atom stereocenters. The lowest BCUT2D eigenvalue weighted by atomic mass is 10.1. The standard InChI is InChI=1S/C20H25F2N3O2/c21-12-15(22)3-1-2-4-20(27)25-19-10-7-16(11-18(19)23)24-13-14-5-8-17(26)9-6-14/h5-11,15,24,26H,1-4,12-13,23H2,(H,25,27)/t15-/m0/s1. The largest absolute Gasteiger partial charge is 0.508 e. The lowest BCUT2D eigenvalue weighted by molar-refractivity contribution is -0.116. The molecule has 0 aliphatic rings. The summed E-state index contributed by atoms with van der Waals surface area (Å²) < 4.78 is 24.8. The van der Waals surface area contributed by atoms with E-state index in [0.717, 1.165) is 11.3 Å². The molecule has 1 amide bonds. The highest BCUT2D eigenvalue weighted by atomic mass is 19.2. The van der Waals surface area contributed by atoms with Gasteiger partial charge >= 0.3 is 0 Å². The Balaban J connectivity index is 1.79. The molecule has 0 spiro atoms. The van der Waals surface area contributed by atoms with Gasteiger partial charge in [0.1, 0.15) is 18.6 Å². The van der Waals surface area contributed by atoms with Crippen LogP contribution in [0.25, 0.3) is 0 Å². The van der Waals surface area contributed by atoms with Crippen molar-refractivity contribution in [2.75, 3.05) is 23.0 Å². The minimum absolute atomic E-state index is 0.132. The highest BCUT2D eigenvalue weighted by molar-refractivity contribution is 5.94. The predicted octanol–water partition coefficient (Wildman–Crippen LogP) is 4.39. The quantitative estimate of drug-likeness (QED) is 0.365. The maximum atomic E-state index is 12.8. The number of alkyl halides is 2. The molecule has 5 nitrogen and oxygen atoms in total. The molecule has 5 N–H and O–H groups in total. The fourth-order valence-electron chi connectivity index (χ4n) is 2.55. The Labute approximate surface area is 157 Å². The summed E-state index contributed by atoms with van der Waals surface area (Å²) in [5.74, 6) is 0.0113. The van der Waals surface area contributed by atoms with Crippen LogP contribution in [0.5, 0.6) is 5.75 Å². The maximum Gasteiger partial charge on any atom is 0.224 e. The molecule has 2 aromatic rings. The van der Waals surface area contributed by atoms with Crippen molar-refractivity contribution in [2.45, 2.75) is 38.4 Å². The van der Waals surface area contributed by atoms with E-state index in [-0.39, 0.29) is 24.5 Å². The molecule has 0 unspecified atom stereocenters. The Kier molecular flexibility index (Phi) is 7.85. The molecule has 0 saturated carbocycles. The Hall–Kier alpha value is -2.83. The second kappa shape index (κ2) is 10.4. The number of hydrogen-bond acceptors (Lipinski definition) is 4. The number of anilines is 3. The van der Waals surface area contributed by atoms with E-state index in [0.29, 0.717) is 30.8 Å².